The topological polar surface area (TPSA) is 85.6 Å². The Morgan fingerprint density at radius 2 is 1.55 bits per heavy atom. The number of hydrogen-bond acceptors (Lipinski definition) is 5. The van der Waals surface area contributed by atoms with Gasteiger partial charge in [-0.2, -0.15) is 0 Å². The maximum atomic E-state index is 13.6. The van der Waals surface area contributed by atoms with Crippen molar-refractivity contribution >= 4 is 50.4 Å². The predicted molar refractivity (Wildman–Crippen MR) is 161 cm³/mol. The molecule has 8 heteroatoms. The van der Waals surface area contributed by atoms with E-state index in [4.69, 9.17) is 4.74 Å². The maximum absolute atomic E-state index is 13.6. The van der Waals surface area contributed by atoms with Crippen LogP contribution in [0.3, 0.4) is 0 Å². The van der Waals surface area contributed by atoms with Crippen LogP contribution in [-0.4, -0.2) is 28.7 Å². The largest absolute Gasteiger partial charge is 0.477 e. The van der Waals surface area contributed by atoms with Crippen molar-refractivity contribution in [1.29, 1.82) is 0 Å². The minimum atomic E-state index is -1.16. The molecule has 1 heterocycles. The Bertz CT molecular complexity index is 1760. The number of esters is 1. The number of ether oxygens (including phenoxy) is 1. The highest BCUT2D eigenvalue weighted by molar-refractivity contribution is 9.10. The van der Waals surface area contributed by atoms with Gasteiger partial charge in [-0.15, -0.1) is 11.8 Å². The quantitative estimate of drug-likeness (QED) is 0.146. The van der Waals surface area contributed by atoms with Crippen LogP contribution in [0.1, 0.15) is 32.0 Å². The number of thioether (sulfide) groups is 1. The summed E-state index contributed by atoms with van der Waals surface area (Å²) in [7, 11) is 1.36. The van der Waals surface area contributed by atoms with E-state index >= 15 is 0 Å². The van der Waals surface area contributed by atoms with Gasteiger partial charge in [-0.05, 0) is 64.5 Å². The molecule has 1 N–H and O–H groups in total. The van der Waals surface area contributed by atoms with Gasteiger partial charge in [0.25, 0.3) is 5.56 Å². The van der Waals surface area contributed by atoms with Crippen molar-refractivity contribution in [3.63, 3.8) is 0 Å². The van der Waals surface area contributed by atoms with E-state index in [9.17, 15) is 19.5 Å². The van der Waals surface area contributed by atoms with Crippen molar-refractivity contribution in [3.05, 3.63) is 134 Å². The summed E-state index contributed by atoms with van der Waals surface area (Å²) in [4.78, 5) is 38.9. The number of benzene rings is 4. The van der Waals surface area contributed by atoms with E-state index in [1.54, 1.807) is 42.1 Å². The maximum Gasteiger partial charge on any atom is 0.353 e. The monoisotopic (exact) mass is 613 g/mol. The summed E-state index contributed by atoms with van der Waals surface area (Å²) in [6.07, 6.45) is 0. The molecule has 0 unspecified atom stereocenters. The Balaban J connectivity index is 1.46. The molecule has 0 fully saturated rings. The lowest BCUT2D eigenvalue weighted by molar-refractivity contribution is 0.0599. The lowest BCUT2D eigenvalue weighted by Gasteiger charge is -2.18. The first-order valence-electron chi connectivity index (χ1n) is 12.4. The van der Waals surface area contributed by atoms with Gasteiger partial charge in [-0.3, -0.25) is 9.36 Å². The van der Waals surface area contributed by atoms with Gasteiger partial charge in [-0.1, -0.05) is 70.5 Å². The number of hydrogen-bond donors (Lipinski definition) is 1. The molecule has 6 nitrogen and oxygen atoms in total. The minimum Gasteiger partial charge on any atom is -0.477 e. The predicted octanol–water partition coefficient (Wildman–Crippen LogP) is 7.26. The first kappa shape index (κ1) is 27.4. The molecule has 0 bridgehead atoms. The number of aromatic carboxylic acids is 1. The number of nitrogens with zero attached hydrogens (tertiary/aromatic N) is 1. The van der Waals surface area contributed by atoms with Crippen LogP contribution in [0.25, 0.3) is 21.9 Å². The SMILES string of the molecule is COC(=O)c1ccc(SCc2ccc(Cn3c(C(=O)O)c(-c4ccccc4)c4cc(Br)ccc4c3=O)cc2)cc1. The molecule has 4 aromatic carbocycles. The number of aromatic nitrogens is 1. The molecular formula is C32H24BrNO5S. The summed E-state index contributed by atoms with van der Waals surface area (Å²) in [5.41, 5.74) is 3.23. The molecule has 0 aliphatic heterocycles. The average Bonchev–Trinajstić information content (AvgIpc) is 2.98. The van der Waals surface area contributed by atoms with Gasteiger partial charge in [0.2, 0.25) is 0 Å². The van der Waals surface area contributed by atoms with Gasteiger partial charge in [-0.25, -0.2) is 9.59 Å². The second kappa shape index (κ2) is 11.9. The summed E-state index contributed by atoms with van der Waals surface area (Å²) in [5.74, 6) is -0.821. The summed E-state index contributed by atoms with van der Waals surface area (Å²) < 4.78 is 6.86. The molecule has 1 aromatic heterocycles. The molecule has 0 saturated heterocycles. The van der Waals surface area contributed by atoms with E-state index in [0.717, 1.165) is 26.1 Å². The van der Waals surface area contributed by atoms with Crippen molar-refractivity contribution in [2.24, 2.45) is 0 Å². The average molecular weight is 615 g/mol. The number of carboxylic acids is 1. The second-order valence-corrected chi connectivity index (χ2v) is 11.1. The molecule has 40 heavy (non-hydrogen) atoms. The number of halogens is 1. The highest BCUT2D eigenvalue weighted by atomic mass is 79.9. The number of carboxylic acid groups (broad SMARTS) is 1. The summed E-state index contributed by atoms with van der Waals surface area (Å²) in [6, 6.07) is 29.6. The Kier molecular flexibility index (Phi) is 8.19. The van der Waals surface area contributed by atoms with Crippen molar-refractivity contribution in [3.8, 4) is 11.1 Å². The van der Waals surface area contributed by atoms with Crippen LogP contribution < -0.4 is 5.56 Å². The fraction of sp³-hybridized carbons (Fsp3) is 0.0938. The number of fused-ring (bicyclic) bond motifs is 1. The summed E-state index contributed by atoms with van der Waals surface area (Å²) in [5, 5.41) is 11.4. The third kappa shape index (κ3) is 5.73. The molecule has 0 amide bonds. The Labute approximate surface area is 243 Å². The van der Waals surface area contributed by atoms with Crippen molar-refractivity contribution in [1.82, 2.24) is 4.57 Å². The van der Waals surface area contributed by atoms with E-state index in [1.807, 2.05) is 66.7 Å². The highest BCUT2D eigenvalue weighted by Gasteiger charge is 2.23. The van der Waals surface area contributed by atoms with Gasteiger partial charge in [0.1, 0.15) is 5.69 Å². The zero-order valence-corrected chi connectivity index (χ0v) is 23.9. The molecule has 5 rings (SSSR count). The number of carbonyl (C=O) groups is 2. The lowest BCUT2D eigenvalue weighted by atomic mass is 9.96. The Morgan fingerprint density at radius 1 is 0.875 bits per heavy atom. The fourth-order valence-corrected chi connectivity index (χ4v) is 5.80. The Morgan fingerprint density at radius 3 is 2.20 bits per heavy atom. The molecule has 0 radical (unpaired) electrons. The molecule has 0 aliphatic carbocycles. The first-order valence-corrected chi connectivity index (χ1v) is 14.2. The standard InChI is InChI=1S/C32H24BrNO5S/c1-39-32(38)23-11-14-25(15-12-23)40-19-21-9-7-20(8-10-21)18-34-29(31(36)37)28(22-5-3-2-4-6-22)27-17-24(33)13-16-26(27)30(34)35/h2-17H,18-19H2,1H3,(H,36,37). The number of carbonyl (C=O) groups excluding carboxylic acids is 1. The smallest absolute Gasteiger partial charge is 0.353 e. The van der Waals surface area contributed by atoms with Gasteiger partial charge < -0.3 is 9.84 Å². The molecule has 200 valence electrons. The van der Waals surface area contributed by atoms with Gasteiger partial charge in [0.05, 0.1) is 19.2 Å². The van der Waals surface area contributed by atoms with Crippen LogP contribution >= 0.6 is 27.7 Å². The van der Waals surface area contributed by atoms with E-state index in [1.165, 1.54) is 11.7 Å². The molecule has 0 atom stereocenters. The van der Waals surface area contributed by atoms with Crippen LogP contribution in [0.2, 0.25) is 0 Å². The van der Waals surface area contributed by atoms with E-state index in [2.05, 4.69) is 15.9 Å². The van der Waals surface area contributed by atoms with Crippen LogP contribution in [0.4, 0.5) is 0 Å². The van der Waals surface area contributed by atoms with E-state index in [0.29, 0.717) is 27.7 Å². The van der Waals surface area contributed by atoms with Gasteiger partial charge >= 0.3 is 11.9 Å². The number of pyridine rings is 1. The van der Waals surface area contributed by atoms with Gasteiger partial charge in [0, 0.05) is 26.1 Å². The molecular weight excluding hydrogens is 590 g/mol. The van der Waals surface area contributed by atoms with Gasteiger partial charge in [0.15, 0.2) is 0 Å². The lowest BCUT2D eigenvalue weighted by Crippen LogP contribution is -2.28. The molecule has 0 aliphatic rings. The van der Waals surface area contributed by atoms with Crippen molar-refractivity contribution in [2.75, 3.05) is 7.11 Å². The van der Waals surface area contributed by atoms with E-state index in [-0.39, 0.29) is 23.8 Å². The first-order chi connectivity index (χ1) is 19.4. The van der Waals surface area contributed by atoms with Crippen LogP contribution in [0.5, 0.6) is 0 Å². The third-order valence-corrected chi connectivity index (χ3v) is 8.12. The van der Waals surface area contributed by atoms with Crippen LogP contribution in [0.15, 0.2) is 111 Å². The number of methoxy groups -OCH3 is 1. The van der Waals surface area contributed by atoms with Crippen molar-refractivity contribution < 1.29 is 19.4 Å². The Hall–Kier alpha value is -4.14. The second-order valence-electron chi connectivity index (χ2n) is 9.10. The van der Waals surface area contributed by atoms with Crippen LogP contribution in [-0.2, 0) is 17.0 Å². The van der Waals surface area contributed by atoms with E-state index < -0.39 is 5.97 Å². The highest BCUT2D eigenvalue weighted by Crippen LogP contribution is 2.33. The molecule has 0 saturated carbocycles. The molecule has 5 aromatic rings. The molecule has 0 spiro atoms. The van der Waals surface area contributed by atoms with Crippen LogP contribution in [0, 0.1) is 0 Å². The third-order valence-electron chi connectivity index (χ3n) is 6.54. The van der Waals surface area contributed by atoms with Crippen molar-refractivity contribution in [2.45, 2.75) is 17.2 Å². The zero-order valence-electron chi connectivity index (χ0n) is 21.5. The summed E-state index contributed by atoms with van der Waals surface area (Å²) >= 11 is 5.10. The minimum absolute atomic E-state index is 0.0446. The fourth-order valence-electron chi connectivity index (χ4n) is 4.58. The summed E-state index contributed by atoms with van der Waals surface area (Å²) in [6.45, 7) is 0.120. The zero-order chi connectivity index (χ0) is 28.2. The normalized spacial score (nSPS) is 10.9. The number of rotatable bonds is 8.